The van der Waals surface area contributed by atoms with Crippen LogP contribution in [0.25, 0.3) is 0 Å². The SMILES string of the molecule is CCCCCCCn1c(=O)c(NCCc2cccc(OC(C)COC(=O)CC)c2)nn(C)c1=O. The topological polar surface area (TPSA) is 104 Å². The lowest BCUT2D eigenvalue weighted by Crippen LogP contribution is -2.42. The molecule has 1 aromatic carbocycles. The lowest BCUT2D eigenvalue weighted by atomic mass is 10.1. The summed E-state index contributed by atoms with van der Waals surface area (Å²) in [6.45, 7) is 6.82. The van der Waals surface area contributed by atoms with Gasteiger partial charge in [-0.05, 0) is 37.5 Å². The van der Waals surface area contributed by atoms with Crippen LogP contribution >= 0.6 is 0 Å². The van der Waals surface area contributed by atoms with Crippen molar-refractivity contribution in [2.75, 3.05) is 18.5 Å². The zero-order chi connectivity index (χ0) is 24.9. The van der Waals surface area contributed by atoms with Gasteiger partial charge in [-0.15, -0.1) is 5.10 Å². The normalized spacial score (nSPS) is 11.8. The molecule has 9 heteroatoms. The second-order valence-electron chi connectivity index (χ2n) is 8.42. The molecule has 2 aromatic rings. The number of hydrogen-bond donors (Lipinski definition) is 1. The summed E-state index contributed by atoms with van der Waals surface area (Å²) in [5.74, 6) is 0.607. The van der Waals surface area contributed by atoms with Crippen LogP contribution in [0.4, 0.5) is 5.82 Å². The molecule has 0 aliphatic heterocycles. The highest BCUT2D eigenvalue weighted by Crippen LogP contribution is 2.16. The van der Waals surface area contributed by atoms with Gasteiger partial charge in [0, 0.05) is 26.6 Å². The van der Waals surface area contributed by atoms with Crippen molar-refractivity contribution >= 4 is 11.8 Å². The van der Waals surface area contributed by atoms with E-state index in [-0.39, 0.29) is 30.1 Å². The van der Waals surface area contributed by atoms with Gasteiger partial charge < -0.3 is 14.8 Å². The minimum atomic E-state index is -0.394. The molecule has 34 heavy (non-hydrogen) atoms. The van der Waals surface area contributed by atoms with Crippen LogP contribution in [-0.4, -0.2) is 39.6 Å². The van der Waals surface area contributed by atoms with Crippen LogP contribution in [0.5, 0.6) is 5.75 Å². The quantitative estimate of drug-likeness (QED) is 0.312. The highest BCUT2D eigenvalue weighted by molar-refractivity contribution is 5.68. The van der Waals surface area contributed by atoms with Crippen LogP contribution in [-0.2, 0) is 29.5 Å². The molecule has 0 radical (unpaired) electrons. The summed E-state index contributed by atoms with van der Waals surface area (Å²) >= 11 is 0. The molecule has 1 unspecified atom stereocenters. The summed E-state index contributed by atoms with van der Waals surface area (Å²) in [6.07, 6.45) is 5.91. The Morgan fingerprint density at radius 1 is 1.15 bits per heavy atom. The van der Waals surface area contributed by atoms with Gasteiger partial charge in [-0.1, -0.05) is 51.7 Å². The Morgan fingerprint density at radius 3 is 2.65 bits per heavy atom. The van der Waals surface area contributed by atoms with Crippen LogP contribution in [0.3, 0.4) is 0 Å². The maximum atomic E-state index is 12.8. The molecule has 2 rings (SSSR count). The van der Waals surface area contributed by atoms with Gasteiger partial charge in [-0.25, -0.2) is 9.48 Å². The summed E-state index contributed by atoms with van der Waals surface area (Å²) in [7, 11) is 1.56. The molecule has 0 bridgehead atoms. The van der Waals surface area contributed by atoms with E-state index >= 15 is 0 Å². The Bertz CT molecular complexity index is 1030. The number of anilines is 1. The first-order valence-electron chi connectivity index (χ1n) is 12.2. The van der Waals surface area contributed by atoms with E-state index in [1.165, 1.54) is 9.25 Å². The van der Waals surface area contributed by atoms with Crippen LogP contribution in [0.15, 0.2) is 33.9 Å². The zero-order valence-corrected chi connectivity index (χ0v) is 20.8. The first-order valence-corrected chi connectivity index (χ1v) is 12.2. The number of nitrogens with one attached hydrogen (secondary N) is 1. The van der Waals surface area contributed by atoms with Gasteiger partial charge in [-0.2, -0.15) is 0 Å². The van der Waals surface area contributed by atoms with Crippen molar-refractivity contribution in [2.45, 2.75) is 78.4 Å². The Labute approximate surface area is 201 Å². The monoisotopic (exact) mass is 474 g/mol. The lowest BCUT2D eigenvalue weighted by molar-refractivity contribution is -0.145. The molecular weight excluding hydrogens is 436 g/mol. The number of esters is 1. The predicted octanol–water partition coefficient (Wildman–Crippen LogP) is 3.29. The number of aryl methyl sites for hydroxylation is 1. The maximum absolute atomic E-state index is 12.8. The molecule has 1 N–H and O–H groups in total. The predicted molar refractivity (Wildman–Crippen MR) is 132 cm³/mol. The fourth-order valence-corrected chi connectivity index (χ4v) is 3.48. The van der Waals surface area contributed by atoms with Gasteiger partial charge in [0.05, 0.1) is 0 Å². The second kappa shape index (κ2) is 14.2. The van der Waals surface area contributed by atoms with Crippen molar-refractivity contribution in [1.29, 1.82) is 0 Å². The largest absolute Gasteiger partial charge is 0.487 e. The molecule has 0 fully saturated rings. The first-order chi connectivity index (χ1) is 16.3. The van der Waals surface area contributed by atoms with E-state index in [4.69, 9.17) is 9.47 Å². The molecule has 1 aromatic heterocycles. The van der Waals surface area contributed by atoms with Crippen molar-refractivity contribution in [3.63, 3.8) is 0 Å². The van der Waals surface area contributed by atoms with Crippen molar-refractivity contribution in [2.24, 2.45) is 7.05 Å². The van der Waals surface area contributed by atoms with E-state index in [9.17, 15) is 14.4 Å². The molecular formula is C25H38N4O5. The minimum absolute atomic E-state index is 0.175. The molecule has 0 amide bonds. The third kappa shape index (κ3) is 8.68. The van der Waals surface area contributed by atoms with Crippen LogP contribution < -0.4 is 21.3 Å². The van der Waals surface area contributed by atoms with E-state index < -0.39 is 5.69 Å². The van der Waals surface area contributed by atoms with Gasteiger partial charge >= 0.3 is 11.7 Å². The summed E-state index contributed by atoms with van der Waals surface area (Å²) in [5.41, 5.74) is 0.240. The smallest absolute Gasteiger partial charge is 0.347 e. The molecule has 0 saturated heterocycles. The second-order valence-corrected chi connectivity index (χ2v) is 8.42. The van der Waals surface area contributed by atoms with Crippen molar-refractivity contribution in [1.82, 2.24) is 14.3 Å². The highest BCUT2D eigenvalue weighted by atomic mass is 16.6. The van der Waals surface area contributed by atoms with Gasteiger partial charge in [-0.3, -0.25) is 14.2 Å². The Kier molecular flexibility index (Phi) is 11.4. The molecule has 0 spiro atoms. The fraction of sp³-hybridized carbons (Fsp3) is 0.600. The van der Waals surface area contributed by atoms with Gasteiger partial charge in [0.15, 0.2) is 0 Å². The molecule has 0 saturated carbocycles. The number of unbranched alkanes of at least 4 members (excludes halogenated alkanes) is 4. The van der Waals surface area contributed by atoms with Crippen molar-refractivity contribution in [3.8, 4) is 5.75 Å². The van der Waals surface area contributed by atoms with Crippen molar-refractivity contribution in [3.05, 3.63) is 50.7 Å². The number of aromatic nitrogens is 3. The van der Waals surface area contributed by atoms with E-state index in [0.717, 1.165) is 37.7 Å². The average Bonchev–Trinajstić information content (AvgIpc) is 2.82. The number of hydrogen-bond acceptors (Lipinski definition) is 7. The number of benzene rings is 1. The van der Waals surface area contributed by atoms with E-state index in [0.29, 0.717) is 31.7 Å². The number of carbonyl (C=O) groups is 1. The number of carbonyl (C=O) groups excluding carboxylic acids is 1. The molecule has 1 atom stereocenters. The third-order valence-electron chi connectivity index (χ3n) is 5.40. The number of rotatable bonds is 15. The van der Waals surface area contributed by atoms with Crippen LogP contribution in [0.1, 0.15) is 64.9 Å². The lowest BCUT2D eigenvalue weighted by Gasteiger charge is -2.15. The number of ether oxygens (including phenoxy) is 2. The van der Waals surface area contributed by atoms with Gasteiger partial charge in [0.1, 0.15) is 18.5 Å². The van der Waals surface area contributed by atoms with Crippen LogP contribution in [0, 0.1) is 0 Å². The minimum Gasteiger partial charge on any atom is -0.487 e. The maximum Gasteiger partial charge on any atom is 0.347 e. The standard InChI is InChI=1S/C25H38N4O5/c1-5-7-8-9-10-16-29-24(31)23(27-28(4)25(29)32)26-15-14-20-12-11-13-21(17-20)34-19(3)18-33-22(30)6-2/h11-13,17,19H,5-10,14-16,18H2,1-4H3,(H,26,27). The molecule has 0 aliphatic carbocycles. The highest BCUT2D eigenvalue weighted by Gasteiger charge is 2.12. The van der Waals surface area contributed by atoms with Gasteiger partial charge in [0.2, 0.25) is 5.82 Å². The summed E-state index contributed by atoms with van der Waals surface area (Å²) in [6, 6.07) is 7.63. The number of nitrogens with zero attached hydrogens (tertiary/aromatic N) is 3. The van der Waals surface area contributed by atoms with Crippen molar-refractivity contribution < 1.29 is 14.3 Å². The first kappa shape index (κ1) is 27.1. The molecule has 0 aliphatic rings. The van der Waals surface area contributed by atoms with E-state index in [1.54, 1.807) is 14.0 Å². The Balaban J connectivity index is 1.93. The van der Waals surface area contributed by atoms with E-state index in [2.05, 4.69) is 17.3 Å². The average molecular weight is 475 g/mol. The summed E-state index contributed by atoms with van der Waals surface area (Å²) in [4.78, 5) is 36.5. The fourth-order valence-electron chi connectivity index (χ4n) is 3.48. The Morgan fingerprint density at radius 2 is 1.91 bits per heavy atom. The Hall–Kier alpha value is -3.10. The van der Waals surface area contributed by atoms with E-state index in [1.807, 2.05) is 31.2 Å². The molecule has 188 valence electrons. The summed E-state index contributed by atoms with van der Waals surface area (Å²) < 4.78 is 13.4. The summed E-state index contributed by atoms with van der Waals surface area (Å²) in [5, 5.41) is 7.19. The van der Waals surface area contributed by atoms with Gasteiger partial charge in [0.25, 0.3) is 5.56 Å². The zero-order valence-electron chi connectivity index (χ0n) is 20.8. The van der Waals surface area contributed by atoms with Crippen LogP contribution in [0.2, 0.25) is 0 Å². The molecule has 1 heterocycles. The molecule has 9 nitrogen and oxygen atoms in total. The third-order valence-corrected chi connectivity index (χ3v) is 5.40.